The van der Waals surface area contributed by atoms with Crippen molar-refractivity contribution >= 4 is 5.91 Å². The van der Waals surface area contributed by atoms with Gasteiger partial charge in [0.15, 0.2) is 0 Å². The molecule has 2 bridgehead atoms. The highest BCUT2D eigenvalue weighted by Gasteiger charge is 2.62. The van der Waals surface area contributed by atoms with Gasteiger partial charge >= 0.3 is 0 Å². The zero-order chi connectivity index (χ0) is 19.0. The molecule has 3 aliphatic rings. The normalized spacial score (nSPS) is 32.0. The van der Waals surface area contributed by atoms with Crippen LogP contribution in [0.4, 0.5) is 8.78 Å². The van der Waals surface area contributed by atoms with Gasteiger partial charge in [-0.25, -0.2) is 8.78 Å². The van der Waals surface area contributed by atoms with Gasteiger partial charge in [-0.15, -0.1) is 0 Å². The molecule has 148 valence electrons. The Bertz CT molecular complexity index is 696. The second-order valence-corrected chi connectivity index (χ2v) is 7.83. The van der Waals surface area contributed by atoms with Gasteiger partial charge in [-0.2, -0.15) is 0 Å². The molecule has 3 heterocycles. The summed E-state index contributed by atoms with van der Waals surface area (Å²) >= 11 is 0. The van der Waals surface area contributed by atoms with Gasteiger partial charge in [0, 0.05) is 56.3 Å². The third-order valence-corrected chi connectivity index (χ3v) is 6.23. The molecule has 3 aliphatic heterocycles. The van der Waals surface area contributed by atoms with Crippen LogP contribution in [0.5, 0.6) is 0 Å². The first kappa shape index (κ1) is 18.8. The molecule has 0 saturated carbocycles. The molecule has 4 atom stereocenters. The Hall–Kier alpha value is -1.57. The standard InChI is InChI=1S/C20H26F2N2O3/c1-2-26-6-5-24-11-17-16(18-3-4-20(17,12-24)27-18)10-23-19(25)13-7-14(21)9-15(22)8-13/h7-9,16-18H,2-6,10-12H2,1H3,(H,23,25)/t16-,17+,18+,20+/m0/s1. The summed E-state index contributed by atoms with van der Waals surface area (Å²) in [6, 6.07) is 2.88. The van der Waals surface area contributed by atoms with E-state index in [0.29, 0.717) is 12.5 Å². The van der Waals surface area contributed by atoms with E-state index in [0.717, 1.165) is 63.9 Å². The van der Waals surface area contributed by atoms with E-state index in [1.807, 2.05) is 6.92 Å². The van der Waals surface area contributed by atoms with E-state index in [1.54, 1.807) is 0 Å². The average molecular weight is 380 g/mol. The lowest BCUT2D eigenvalue weighted by Gasteiger charge is -2.29. The topological polar surface area (TPSA) is 50.8 Å². The number of benzene rings is 1. The van der Waals surface area contributed by atoms with Gasteiger partial charge in [-0.1, -0.05) is 0 Å². The fourth-order valence-electron chi connectivity index (χ4n) is 5.07. The van der Waals surface area contributed by atoms with Gasteiger partial charge in [0.1, 0.15) is 11.6 Å². The lowest BCUT2D eigenvalue weighted by atomic mass is 9.73. The van der Waals surface area contributed by atoms with E-state index in [9.17, 15) is 13.6 Å². The summed E-state index contributed by atoms with van der Waals surface area (Å²) in [5.41, 5.74) is -0.0897. The quantitative estimate of drug-likeness (QED) is 0.737. The second kappa shape index (κ2) is 7.45. The zero-order valence-electron chi connectivity index (χ0n) is 15.5. The Balaban J connectivity index is 1.37. The molecule has 3 saturated heterocycles. The first-order valence-electron chi connectivity index (χ1n) is 9.73. The molecule has 0 aliphatic carbocycles. The highest BCUT2D eigenvalue weighted by molar-refractivity contribution is 5.94. The highest BCUT2D eigenvalue weighted by atomic mass is 19.1. The summed E-state index contributed by atoms with van der Waals surface area (Å²) in [6.07, 6.45) is 2.23. The van der Waals surface area contributed by atoms with E-state index in [2.05, 4.69) is 10.2 Å². The van der Waals surface area contributed by atoms with E-state index in [1.165, 1.54) is 0 Å². The molecule has 1 N–H and O–H groups in total. The van der Waals surface area contributed by atoms with Crippen LogP contribution < -0.4 is 5.32 Å². The van der Waals surface area contributed by atoms with Gasteiger partial charge in [0.05, 0.1) is 18.3 Å². The summed E-state index contributed by atoms with van der Waals surface area (Å²) in [6.45, 7) is 6.64. The van der Waals surface area contributed by atoms with E-state index in [-0.39, 0.29) is 23.2 Å². The average Bonchev–Trinajstić information content (AvgIpc) is 3.27. The number of carbonyl (C=O) groups excluding carboxylic acids is 1. The number of carbonyl (C=O) groups is 1. The fourth-order valence-corrected chi connectivity index (χ4v) is 5.07. The maximum absolute atomic E-state index is 13.3. The molecule has 4 rings (SSSR count). The Morgan fingerprint density at radius 2 is 2.15 bits per heavy atom. The molecule has 0 radical (unpaired) electrons. The first-order chi connectivity index (χ1) is 13.0. The van der Waals surface area contributed by atoms with Crippen LogP contribution in [0.2, 0.25) is 0 Å². The fraction of sp³-hybridized carbons (Fsp3) is 0.650. The number of ether oxygens (including phenoxy) is 2. The number of rotatable bonds is 7. The van der Waals surface area contributed by atoms with Crippen molar-refractivity contribution in [3.63, 3.8) is 0 Å². The van der Waals surface area contributed by atoms with Crippen molar-refractivity contribution in [2.45, 2.75) is 31.5 Å². The van der Waals surface area contributed by atoms with Gasteiger partial charge in [-0.05, 0) is 31.9 Å². The Morgan fingerprint density at radius 3 is 2.89 bits per heavy atom. The monoisotopic (exact) mass is 380 g/mol. The first-order valence-corrected chi connectivity index (χ1v) is 9.73. The molecule has 1 aromatic carbocycles. The second-order valence-electron chi connectivity index (χ2n) is 7.83. The van der Waals surface area contributed by atoms with Gasteiger partial charge < -0.3 is 14.8 Å². The molecule has 7 heteroatoms. The van der Waals surface area contributed by atoms with Crippen LogP contribution in [0.1, 0.15) is 30.1 Å². The highest BCUT2D eigenvalue weighted by Crippen LogP contribution is 2.54. The summed E-state index contributed by atoms with van der Waals surface area (Å²) in [5.74, 6) is -1.33. The SMILES string of the molecule is CCOCCN1C[C@@H]2[C@H](CNC(=O)c3cc(F)cc(F)c3)[C@H]3CC[C@]2(C1)O3. The molecule has 3 fully saturated rings. The zero-order valence-corrected chi connectivity index (χ0v) is 15.5. The number of fused-ring (bicyclic) bond motifs is 1. The minimum Gasteiger partial charge on any atom is -0.380 e. The third kappa shape index (κ3) is 3.60. The number of hydrogen-bond acceptors (Lipinski definition) is 4. The molecule has 1 spiro atoms. The predicted octanol–water partition coefficient (Wildman–Crippen LogP) is 2.21. The summed E-state index contributed by atoms with van der Waals surface area (Å²) in [4.78, 5) is 14.7. The number of halogens is 2. The number of nitrogens with one attached hydrogen (secondary N) is 1. The Kier molecular flexibility index (Phi) is 5.18. The maximum Gasteiger partial charge on any atom is 0.251 e. The third-order valence-electron chi connectivity index (χ3n) is 6.23. The van der Waals surface area contributed by atoms with E-state index < -0.39 is 17.5 Å². The van der Waals surface area contributed by atoms with Crippen LogP contribution in [-0.4, -0.2) is 61.9 Å². The van der Waals surface area contributed by atoms with Crippen molar-refractivity contribution in [2.75, 3.05) is 39.4 Å². The van der Waals surface area contributed by atoms with Gasteiger partial charge in [0.25, 0.3) is 5.91 Å². The summed E-state index contributed by atoms with van der Waals surface area (Å²) < 4.78 is 38.5. The minimum absolute atomic E-state index is 0.0102. The van der Waals surface area contributed by atoms with Crippen molar-refractivity contribution in [3.05, 3.63) is 35.4 Å². The van der Waals surface area contributed by atoms with Crippen LogP contribution >= 0.6 is 0 Å². The van der Waals surface area contributed by atoms with Crippen LogP contribution in [0.25, 0.3) is 0 Å². The number of hydrogen-bond donors (Lipinski definition) is 1. The van der Waals surface area contributed by atoms with Crippen LogP contribution in [0, 0.1) is 23.5 Å². The molecule has 1 aromatic rings. The van der Waals surface area contributed by atoms with Crippen molar-refractivity contribution in [1.82, 2.24) is 10.2 Å². The predicted molar refractivity (Wildman–Crippen MR) is 95.4 cm³/mol. The molecule has 5 nitrogen and oxygen atoms in total. The Labute approximate surface area is 158 Å². The smallest absolute Gasteiger partial charge is 0.251 e. The van der Waals surface area contributed by atoms with Crippen LogP contribution in [0.3, 0.4) is 0 Å². The number of nitrogens with zero attached hydrogens (tertiary/aromatic N) is 1. The summed E-state index contributed by atoms with van der Waals surface area (Å²) in [5, 5.41) is 2.86. The lowest BCUT2D eigenvalue weighted by molar-refractivity contribution is 0.000446. The van der Waals surface area contributed by atoms with Crippen LogP contribution in [0.15, 0.2) is 18.2 Å². The van der Waals surface area contributed by atoms with Crippen molar-refractivity contribution in [1.29, 1.82) is 0 Å². The summed E-state index contributed by atoms with van der Waals surface area (Å²) in [7, 11) is 0. The van der Waals surface area contributed by atoms with Gasteiger partial charge in [0.2, 0.25) is 0 Å². The minimum atomic E-state index is -0.747. The van der Waals surface area contributed by atoms with Crippen LogP contribution in [-0.2, 0) is 9.47 Å². The molecular weight excluding hydrogens is 354 g/mol. The van der Waals surface area contributed by atoms with Crippen molar-refractivity contribution < 1.29 is 23.0 Å². The van der Waals surface area contributed by atoms with Crippen molar-refractivity contribution in [3.8, 4) is 0 Å². The molecule has 1 amide bonds. The molecule has 27 heavy (non-hydrogen) atoms. The maximum atomic E-state index is 13.3. The number of amides is 1. The van der Waals surface area contributed by atoms with E-state index in [4.69, 9.17) is 9.47 Å². The molecular formula is C20H26F2N2O3. The number of likely N-dealkylation sites (tertiary alicyclic amines) is 1. The largest absolute Gasteiger partial charge is 0.380 e. The van der Waals surface area contributed by atoms with Crippen molar-refractivity contribution in [2.24, 2.45) is 11.8 Å². The van der Waals surface area contributed by atoms with E-state index >= 15 is 0 Å². The Morgan fingerprint density at radius 1 is 1.37 bits per heavy atom. The molecule has 0 aromatic heterocycles. The molecule has 0 unspecified atom stereocenters. The van der Waals surface area contributed by atoms with Gasteiger partial charge in [-0.3, -0.25) is 9.69 Å². The lowest BCUT2D eigenvalue weighted by Crippen LogP contribution is -2.41.